The van der Waals surface area contributed by atoms with E-state index < -0.39 is 6.10 Å². The lowest BCUT2D eigenvalue weighted by Crippen LogP contribution is -2.12. The smallest absolute Gasteiger partial charge is 0.120 e. The Hall–Kier alpha value is -3.10. The van der Waals surface area contributed by atoms with Crippen LogP contribution in [0, 0.1) is 0 Å². The number of benzene rings is 4. The molecule has 4 aromatic carbocycles. The van der Waals surface area contributed by atoms with E-state index in [9.17, 15) is 5.11 Å². The minimum absolute atomic E-state index is 0.306. The first kappa shape index (κ1) is 17.0. The highest BCUT2D eigenvalue weighted by Crippen LogP contribution is 2.41. The number of fused-ring (bicyclic) bond motifs is 4. The molecule has 2 heteroatoms. The fraction of sp³-hybridized carbons (Fsp3) is 0.154. The van der Waals surface area contributed by atoms with Gasteiger partial charge in [-0.15, -0.1) is 0 Å². The van der Waals surface area contributed by atoms with Crippen LogP contribution in [0.3, 0.4) is 0 Å². The van der Waals surface area contributed by atoms with Crippen molar-refractivity contribution in [3.05, 3.63) is 90.0 Å². The molecule has 0 aliphatic heterocycles. The van der Waals surface area contributed by atoms with E-state index in [1.807, 2.05) is 12.1 Å². The molecule has 1 aliphatic rings. The van der Waals surface area contributed by atoms with E-state index in [4.69, 9.17) is 4.74 Å². The zero-order valence-electron chi connectivity index (χ0n) is 15.9. The van der Waals surface area contributed by atoms with Crippen LogP contribution in [-0.2, 0) is 6.42 Å². The lowest BCUT2D eigenvalue weighted by molar-refractivity contribution is 0.123. The van der Waals surface area contributed by atoms with E-state index in [1.54, 1.807) is 6.92 Å². The minimum atomic E-state index is -0.470. The molecule has 0 radical (unpaired) electrons. The minimum Gasteiger partial charge on any atom is -0.491 e. The molecule has 28 heavy (non-hydrogen) atoms. The number of aliphatic hydroxyl groups excluding tert-OH is 1. The molecule has 2 nitrogen and oxygen atoms in total. The maximum absolute atomic E-state index is 9.41. The third-order valence-electron chi connectivity index (χ3n) is 5.46. The Kier molecular flexibility index (Phi) is 4.14. The van der Waals surface area contributed by atoms with Crippen LogP contribution in [0.1, 0.15) is 18.1 Å². The summed E-state index contributed by atoms with van der Waals surface area (Å²) in [7, 11) is 0. The van der Waals surface area contributed by atoms with E-state index in [0.29, 0.717) is 6.61 Å². The second kappa shape index (κ2) is 6.81. The third kappa shape index (κ3) is 2.96. The summed E-state index contributed by atoms with van der Waals surface area (Å²) in [5.41, 5.74) is 8.10. The maximum atomic E-state index is 9.41. The second-order valence-electron chi connectivity index (χ2n) is 7.55. The molecule has 5 rings (SSSR count). The number of rotatable bonds is 4. The first-order valence-corrected chi connectivity index (χ1v) is 9.74. The summed E-state index contributed by atoms with van der Waals surface area (Å²) in [4.78, 5) is 0. The first-order chi connectivity index (χ1) is 13.7. The molecule has 0 saturated heterocycles. The fourth-order valence-electron chi connectivity index (χ4n) is 4.13. The first-order valence-electron chi connectivity index (χ1n) is 9.74. The van der Waals surface area contributed by atoms with E-state index in [1.165, 1.54) is 38.8 Å². The highest BCUT2D eigenvalue weighted by molar-refractivity contribution is 5.91. The quantitative estimate of drug-likeness (QED) is 0.433. The molecular weight excluding hydrogens is 344 g/mol. The van der Waals surface area contributed by atoms with E-state index in [2.05, 4.69) is 66.7 Å². The van der Waals surface area contributed by atoms with Gasteiger partial charge in [0.1, 0.15) is 12.4 Å². The van der Waals surface area contributed by atoms with Gasteiger partial charge in [-0.2, -0.15) is 0 Å². The summed E-state index contributed by atoms with van der Waals surface area (Å²) in [5, 5.41) is 11.7. The predicted molar refractivity (Wildman–Crippen MR) is 115 cm³/mol. The SMILES string of the molecule is CC(O)COc1ccc2cc(-c3cccc4c3Cc3ccccc3-4)ccc2c1. The Bertz CT molecular complexity index is 1170. The normalized spacial score (nSPS) is 13.2. The Labute approximate surface area is 165 Å². The highest BCUT2D eigenvalue weighted by atomic mass is 16.5. The molecule has 1 unspecified atom stereocenters. The van der Waals surface area contributed by atoms with Crippen molar-refractivity contribution in [2.45, 2.75) is 19.4 Å². The van der Waals surface area contributed by atoms with Gasteiger partial charge >= 0.3 is 0 Å². The molecule has 1 N–H and O–H groups in total. The molecule has 0 heterocycles. The standard InChI is InChI=1S/C26H22O2/c1-17(27)16-28-22-12-11-18-13-21(10-9-19(18)14-22)24-7-4-8-25-23-6-3-2-5-20(23)15-26(24)25/h2-14,17,27H,15-16H2,1H3. The van der Waals surface area contributed by atoms with Crippen LogP contribution in [0.2, 0.25) is 0 Å². The molecule has 138 valence electrons. The largest absolute Gasteiger partial charge is 0.491 e. The van der Waals surface area contributed by atoms with Crippen molar-refractivity contribution in [3.8, 4) is 28.0 Å². The van der Waals surface area contributed by atoms with Gasteiger partial charge in [-0.1, -0.05) is 60.7 Å². The van der Waals surface area contributed by atoms with Gasteiger partial charge in [-0.25, -0.2) is 0 Å². The second-order valence-corrected chi connectivity index (χ2v) is 7.55. The number of hydrogen-bond acceptors (Lipinski definition) is 2. The number of aliphatic hydroxyl groups is 1. The van der Waals surface area contributed by atoms with Gasteiger partial charge in [0.2, 0.25) is 0 Å². The van der Waals surface area contributed by atoms with E-state index >= 15 is 0 Å². The monoisotopic (exact) mass is 366 g/mol. The lowest BCUT2D eigenvalue weighted by Gasteiger charge is -2.12. The van der Waals surface area contributed by atoms with Gasteiger partial charge in [0.25, 0.3) is 0 Å². The van der Waals surface area contributed by atoms with Crippen molar-refractivity contribution < 1.29 is 9.84 Å². The zero-order valence-corrected chi connectivity index (χ0v) is 15.9. The van der Waals surface area contributed by atoms with Gasteiger partial charge in [0.05, 0.1) is 6.10 Å². The van der Waals surface area contributed by atoms with Crippen LogP contribution < -0.4 is 4.74 Å². The van der Waals surface area contributed by atoms with Crippen molar-refractivity contribution in [3.63, 3.8) is 0 Å². The number of ether oxygens (including phenoxy) is 1. The third-order valence-corrected chi connectivity index (χ3v) is 5.46. The van der Waals surface area contributed by atoms with Crippen LogP contribution >= 0.6 is 0 Å². The van der Waals surface area contributed by atoms with Gasteiger partial charge in [-0.3, -0.25) is 0 Å². The Morgan fingerprint density at radius 2 is 1.57 bits per heavy atom. The summed E-state index contributed by atoms with van der Waals surface area (Å²) >= 11 is 0. The molecule has 0 fully saturated rings. The molecule has 0 spiro atoms. The van der Waals surface area contributed by atoms with Crippen LogP contribution in [-0.4, -0.2) is 17.8 Å². The average molecular weight is 366 g/mol. The Balaban J connectivity index is 1.53. The zero-order chi connectivity index (χ0) is 19.1. The van der Waals surface area contributed by atoms with E-state index in [-0.39, 0.29) is 0 Å². The van der Waals surface area contributed by atoms with Crippen molar-refractivity contribution in [2.24, 2.45) is 0 Å². The molecular formula is C26H22O2. The van der Waals surface area contributed by atoms with Gasteiger partial charge < -0.3 is 9.84 Å². The van der Waals surface area contributed by atoms with E-state index in [0.717, 1.165) is 17.6 Å². The lowest BCUT2D eigenvalue weighted by atomic mass is 9.94. The van der Waals surface area contributed by atoms with Gasteiger partial charge in [-0.05, 0) is 75.7 Å². The van der Waals surface area contributed by atoms with Crippen molar-refractivity contribution in [2.75, 3.05) is 6.61 Å². The summed E-state index contributed by atoms with van der Waals surface area (Å²) in [6, 6.07) is 28.0. The number of hydrogen-bond donors (Lipinski definition) is 1. The molecule has 1 aliphatic carbocycles. The Morgan fingerprint density at radius 3 is 2.46 bits per heavy atom. The Morgan fingerprint density at radius 1 is 0.821 bits per heavy atom. The summed E-state index contributed by atoms with van der Waals surface area (Å²) in [6.45, 7) is 2.03. The molecule has 0 saturated carbocycles. The van der Waals surface area contributed by atoms with Crippen molar-refractivity contribution >= 4 is 10.8 Å². The van der Waals surface area contributed by atoms with Crippen molar-refractivity contribution in [1.29, 1.82) is 0 Å². The van der Waals surface area contributed by atoms with Crippen LogP contribution in [0.15, 0.2) is 78.9 Å². The van der Waals surface area contributed by atoms with Crippen LogP contribution in [0.5, 0.6) is 5.75 Å². The molecule has 4 aromatic rings. The van der Waals surface area contributed by atoms with Crippen LogP contribution in [0.4, 0.5) is 0 Å². The predicted octanol–water partition coefficient (Wildman–Crippen LogP) is 5.84. The van der Waals surface area contributed by atoms with Crippen LogP contribution in [0.25, 0.3) is 33.0 Å². The van der Waals surface area contributed by atoms with Crippen molar-refractivity contribution in [1.82, 2.24) is 0 Å². The highest BCUT2D eigenvalue weighted by Gasteiger charge is 2.20. The average Bonchev–Trinajstić information content (AvgIpc) is 3.10. The molecule has 0 amide bonds. The molecule has 1 atom stereocenters. The topological polar surface area (TPSA) is 29.5 Å². The molecule has 0 aromatic heterocycles. The summed E-state index contributed by atoms with van der Waals surface area (Å²) in [5.74, 6) is 0.789. The maximum Gasteiger partial charge on any atom is 0.120 e. The molecule has 0 bridgehead atoms. The fourth-order valence-corrected chi connectivity index (χ4v) is 4.13. The summed E-state index contributed by atoms with van der Waals surface area (Å²) < 4.78 is 5.64. The van der Waals surface area contributed by atoms with Gasteiger partial charge in [0, 0.05) is 0 Å². The van der Waals surface area contributed by atoms with Gasteiger partial charge in [0.15, 0.2) is 0 Å². The summed E-state index contributed by atoms with van der Waals surface area (Å²) in [6.07, 6.45) is 0.522.